The van der Waals surface area contributed by atoms with Gasteiger partial charge < -0.3 is 14.5 Å². The van der Waals surface area contributed by atoms with Crippen LogP contribution >= 0.6 is 11.6 Å². The number of nitrogens with one attached hydrogen (secondary N) is 1. The van der Waals surface area contributed by atoms with Crippen molar-refractivity contribution >= 4 is 29.2 Å². The van der Waals surface area contributed by atoms with Crippen molar-refractivity contribution < 1.29 is 40.7 Å². The topological polar surface area (TPSA) is 81.4 Å². The Labute approximate surface area is 188 Å². The molecule has 0 unspecified atom stereocenters. The zero-order chi connectivity index (χ0) is 24.2. The lowest BCUT2D eigenvalue weighted by Crippen LogP contribution is -2.21. The maximum Gasteiger partial charge on any atom is 0.417 e. The second-order valence-electron chi connectivity index (χ2n) is 6.64. The molecule has 33 heavy (non-hydrogen) atoms. The van der Waals surface area contributed by atoms with Gasteiger partial charge in [0.25, 0.3) is 5.91 Å². The number of alkyl halides is 3. The molecule has 174 valence electrons. The zero-order valence-electron chi connectivity index (χ0n) is 16.5. The molecule has 0 aliphatic carbocycles. The molecular weight excluding hydrogens is 475 g/mol. The fourth-order valence-electron chi connectivity index (χ4n) is 2.68. The molecule has 3 aromatic rings. The van der Waals surface area contributed by atoms with Crippen molar-refractivity contribution in [2.24, 2.45) is 0 Å². The quantitative estimate of drug-likeness (QED) is 0.355. The standard InChI is InChI=1S/C21H14ClF5N2O4/c22-15-4-2-12(8-14(15)21(25,26)27)29-18(30)10-32-20(31)6-5-19-28-9-17(33-19)13-3-1-11(23)7-16(13)24/h1-4,7-9H,5-6,10H2,(H,29,30). The average molecular weight is 489 g/mol. The highest BCUT2D eigenvalue weighted by Gasteiger charge is 2.33. The first kappa shape index (κ1) is 24.2. The second kappa shape index (κ2) is 9.99. The van der Waals surface area contributed by atoms with Gasteiger partial charge in [-0.2, -0.15) is 13.2 Å². The average Bonchev–Trinajstić information content (AvgIpc) is 3.20. The van der Waals surface area contributed by atoms with E-state index in [1.54, 1.807) is 0 Å². The number of oxazole rings is 1. The lowest BCUT2D eigenvalue weighted by atomic mass is 10.2. The van der Waals surface area contributed by atoms with Crippen molar-refractivity contribution in [2.45, 2.75) is 19.0 Å². The minimum absolute atomic E-state index is 0.00900. The molecule has 0 fully saturated rings. The van der Waals surface area contributed by atoms with Crippen LogP contribution in [0.4, 0.5) is 27.6 Å². The number of carbonyl (C=O) groups excluding carboxylic acids is 2. The van der Waals surface area contributed by atoms with Gasteiger partial charge in [-0.25, -0.2) is 13.8 Å². The third-order valence-corrected chi connectivity index (χ3v) is 4.54. The molecule has 0 aliphatic rings. The summed E-state index contributed by atoms with van der Waals surface area (Å²) in [6.45, 7) is -0.736. The highest BCUT2D eigenvalue weighted by Crippen LogP contribution is 2.36. The van der Waals surface area contributed by atoms with Crippen LogP contribution in [-0.2, 0) is 26.9 Å². The van der Waals surface area contributed by atoms with Crippen molar-refractivity contribution in [1.82, 2.24) is 4.98 Å². The maximum atomic E-state index is 13.8. The van der Waals surface area contributed by atoms with Crippen LogP contribution in [0, 0.1) is 11.6 Å². The van der Waals surface area contributed by atoms with Crippen molar-refractivity contribution in [3.63, 3.8) is 0 Å². The lowest BCUT2D eigenvalue weighted by Gasteiger charge is -2.12. The first-order chi connectivity index (χ1) is 15.5. The van der Waals surface area contributed by atoms with Crippen molar-refractivity contribution in [1.29, 1.82) is 0 Å². The van der Waals surface area contributed by atoms with Crippen LogP contribution in [0.25, 0.3) is 11.3 Å². The van der Waals surface area contributed by atoms with E-state index in [1.165, 1.54) is 18.3 Å². The summed E-state index contributed by atoms with van der Waals surface area (Å²) >= 11 is 5.51. The molecule has 2 aromatic carbocycles. The van der Waals surface area contributed by atoms with Gasteiger partial charge in [0.05, 0.1) is 28.8 Å². The number of hydrogen-bond donors (Lipinski definition) is 1. The van der Waals surface area contributed by atoms with E-state index in [-0.39, 0.29) is 35.7 Å². The number of aryl methyl sites for hydroxylation is 1. The SMILES string of the molecule is O=C(COC(=O)CCc1ncc(-c2ccc(F)cc2F)o1)Nc1ccc(Cl)c(C(F)(F)F)c1. The predicted molar refractivity (Wildman–Crippen MR) is 106 cm³/mol. The molecule has 0 atom stereocenters. The van der Waals surface area contributed by atoms with E-state index in [1.807, 2.05) is 0 Å². The van der Waals surface area contributed by atoms with E-state index in [2.05, 4.69) is 10.3 Å². The number of ether oxygens (including phenoxy) is 1. The monoisotopic (exact) mass is 488 g/mol. The van der Waals surface area contributed by atoms with Crippen LogP contribution in [0.2, 0.25) is 5.02 Å². The van der Waals surface area contributed by atoms with Crippen LogP contribution in [0.15, 0.2) is 47.0 Å². The van der Waals surface area contributed by atoms with E-state index in [4.69, 9.17) is 20.8 Å². The van der Waals surface area contributed by atoms with Crippen LogP contribution in [-0.4, -0.2) is 23.5 Å². The summed E-state index contributed by atoms with van der Waals surface area (Å²) < 4.78 is 75.5. The molecule has 0 radical (unpaired) electrons. The summed E-state index contributed by atoms with van der Waals surface area (Å²) in [5.41, 5.74) is -1.30. The normalized spacial score (nSPS) is 11.3. The minimum atomic E-state index is -4.70. The van der Waals surface area contributed by atoms with Gasteiger partial charge in [0.2, 0.25) is 0 Å². The third-order valence-electron chi connectivity index (χ3n) is 4.21. The Kier molecular flexibility index (Phi) is 7.32. The minimum Gasteiger partial charge on any atom is -0.456 e. The Balaban J connectivity index is 1.48. The summed E-state index contributed by atoms with van der Waals surface area (Å²) in [6, 6.07) is 5.73. The smallest absolute Gasteiger partial charge is 0.417 e. The summed E-state index contributed by atoms with van der Waals surface area (Å²) in [5, 5.41) is 1.65. The highest BCUT2D eigenvalue weighted by atomic mass is 35.5. The summed E-state index contributed by atoms with van der Waals surface area (Å²) in [4.78, 5) is 27.6. The fourth-order valence-corrected chi connectivity index (χ4v) is 2.91. The number of halogens is 6. The molecule has 0 saturated carbocycles. The molecule has 0 spiro atoms. The second-order valence-corrected chi connectivity index (χ2v) is 7.05. The molecular formula is C21H14ClF5N2O4. The number of benzene rings is 2. The maximum absolute atomic E-state index is 13.8. The Bertz CT molecular complexity index is 1180. The molecule has 3 rings (SSSR count). The molecule has 0 saturated heterocycles. The predicted octanol–water partition coefficient (Wildman–Crippen LogP) is 5.41. The summed E-state index contributed by atoms with van der Waals surface area (Å²) in [6.07, 6.45) is -3.76. The number of aromatic nitrogens is 1. The van der Waals surface area contributed by atoms with E-state index >= 15 is 0 Å². The highest BCUT2D eigenvalue weighted by molar-refractivity contribution is 6.31. The Morgan fingerprint density at radius 2 is 1.88 bits per heavy atom. The van der Waals surface area contributed by atoms with E-state index in [0.29, 0.717) is 12.1 Å². The lowest BCUT2D eigenvalue weighted by molar-refractivity contribution is -0.147. The number of hydrogen-bond acceptors (Lipinski definition) is 5. The number of esters is 1. The van der Waals surface area contributed by atoms with Gasteiger partial charge in [-0.15, -0.1) is 0 Å². The van der Waals surface area contributed by atoms with Crippen LogP contribution in [0.5, 0.6) is 0 Å². The van der Waals surface area contributed by atoms with Crippen molar-refractivity contribution in [3.05, 3.63) is 70.7 Å². The Hall–Kier alpha value is -3.47. The van der Waals surface area contributed by atoms with Crippen LogP contribution in [0.3, 0.4) is 0 Å². The Morgan fingerprint density at radius 3 is 2.58 bits per heavy atom. The molecule has 6 nitrogen and oxygen atoms in total. The summed E-state index contributed by atoms with van der Waals surface area (Å²) in [7, 11) is 0. The van der Waals surface area contributed by atoms with E-state index in [9.17, 15) is 31.5 Å². The first-order valence-electron chi connectivity index (χ1n) is 9.25. The molecule has 0 bridgehead atoms. The Morgan fingerprint density at radius 1 is 1.12 bits per heavy atom. The molecule has 1 heterocycles. The van der Waals surface area contributed by atoms with Gasteiger partial charge in [0.1, 0.15) is 11.6 Å². The van der Waals surface area contributed by atoms with E-state index < -0.39 is 46.9 Å². The summed E-state index contributed by atoms with van der Waals surface area (Å²) in [5.74, 6) is -3.13. The molecule has 1 N–H and O–H groups in total. The van der Waals surface area contributed by atoms with Gasteiger partial charge in [-0.1, -0.05) is 11.6 Å². The van der Waals surface area contributed by atoms with Crippen molar-refractivity contribution in [3.8, 4) is 11.3 Å². The van der Waals surface area contributed by atoms with Gasteiger partial charge >= 0.3 is 12.1 Å². The first-order valence-corrected chi connectivity index (χ1v) is 9.63. The molecule has 1 amide bonds. The van der Waals surface area contributed by atoms with Gasteiger partial charge in [-0.05, 0) is 30.3 Å². The largest absolute Gasteiger partial charge is 0.456 e. The molecule has 0 aliphatic heterocycles. The number of carbonyl (C=O) groups is 2. The van der Waals surface area contributed by atoms with Gasteiger partial charge in [-0.3, -0.25) is 9.59 Å². The number of amides is 1. The van der Waals surface area contributed by atoms with Crippen molar-refractivity contribution in [2.75, 3.05) is 11.9 Å². The van der Waals surface area contributed by atoms with Crippen LogP contribution in [0.1, 0.15) is 17.9 Å². The third kappa shape index (κ3) is 6.51. The molecule has 1 aromatic heterocycles. The number of rotatable bonds is 7. The number of nitrogens with zero attached hydrogens (tertiary/aromatic N) is 1. The number of anilines is 1. The fraction of sp³-hybridized carbons (Fsp3) is 0.190. The zero-order valence-corrected chi connectivity index (χ0v) is 17.3. The van der Waals surface area contributed by atoms with E-state index in [0.717, 1.165) is 12.1 Å². The molecule has 12 heteroatoms. The van der Waals surface area contributed by atoms with Gasteiger partial charge in [0, 0.05) is 18.2 Å². The van der Waals surface area contributed by atoms with Gasteiger partial charge in [0.15, 0.2) is 18.3 Å². The van der Waals surface area contributed by atoms with Crippen LogP contribution < -0.4 is 5.32 Å².